The van der Waals surface area contributed by atoms with Crippen LogP contribution in [0.25, 0.3) is 0 Å². The van der Waals surface area contributed by atoms with Crippen LogP contribution in [0.2, 0.25) is 0 Å². The van der Waals surface area contributed by atoms with E-state index < -0.39 is 29.7 Å². The summed E-state index contributed by atoms with van der Waals surface area (Å²) in [6, 6.07) is -1.63. The lowest BCUT2D eigenvalue weighted by Gasteiger charge is -2.32. The summed E-state index contributed by atoms with van der Waals surface area (Å²) in [6.07, 6.45) is 5.08. The molecule has 2 N–H and O–H groups in total. The summed E-state index contributed by atoms with van der Waals surface area (Å²) < 4.78 is 10.5. The summed E-state index contributed by atoms with van der Waals surface area (Å²) >= 11 is 0. The maximum atomic E-state index is 13.5. The number of carbonyl (C=O) groups excluding carboxylic acids is 4. The molecule has 0 radical (unpaired) electrons. The van der Waals surface area contributed by atoms with Crippen molar-refractivity contribution in [2.45, 2.75) is 83.4 Å². The second-order valence-corrected chi connectivity index (χ2v) is 10.2. The topological polar surface area (TPSA) is 114 Å². The van der Waals surface area contributed by atoms with E-state index in [2.05, 4.69) is 10.6 Å². The molecule has 3 fully saturated rings. The van der Waals surface area contributed by atoms with E-state index >= 15 is 0 Å². The number of carbonyl (C=O) groups is 4. The van der Waals surface area contributed by atoms with Crippen molar-refractivity contribution in [2.24, 2.45) is 17.8 Å². The van der Waals surface area contributed by atoms with Gasteiger partial charge in [0.05, 0.1) is 7.11 Å². The zero-order chi connectivity index (χ0) is 23.5. The van der Waals surface area contributed by atoms with Crippen LogP contribution in [0, 0.1) is 17.8 Å². The van der Waals surface area contributed by atoms with Crippen molar-refractivity contribution in [1.29, 1.82) is 0 Å². The molecule has 0 bridgehead atoms. The van der Waals surface area contributed by atoms with E-state index in [1.807, 2.05) is 0 Å². The predicted molar refractivity (Wildman–Crippen MR) is 116 cm³/mol. The highest BCUT2D eigenvalue weighted by Crippen LogP contribution is 2.41. The van der Waals surface area contributed by atoms with Crippen molar-refractivity contribution in [3.63, 3.8) is 0 Å². The molecule has 0 aromatic rings. The van der Waals surface area contributed by atoms with Gasteiger partial charge in [0.15, 0.2) is 0 Å². The van der Waals surface area contributed by atoms with Crippen LogP contribution in [-0.4, -0.2) is 66.7 Å². The monoisotopic (exact) mass is 451 g/mol. The Kier molecular flexibility index (Phi) is 7.67. The number of methoxy groups -OCH3 is 1. The standard InChI is InChI=1S/C23H37N3O6/c1-23(2,3)32-22(30)26-13-15-8-5-6-10-16(15)18(26)20(28)25-17(21(29)31-4)12-14-9-7-11-24-19(14)27/h14-18H,5-13H2,1-4H3,(H,24,27)(H,25,28)/t14?,15-,16-,17?,18-/m0/s1. The Balaban J connectivity index is 1.77. The Bertz CT molecular complexity index is 734. The number of hydrogen-bond acceptors (Lipinski definition) is 6. The first-order valence-corrected chi connectivity index (χ1v) is 11.8. The van der Waals surface area contributed by atoms with Gasteiger partial charge in [-0.1, -0.05) is 12.8 Å². The van der Waals surface area contributed by atoms with E-state index in [0.717, 1.165) is 32.1 Å². The van der Waals surface area contributed by atoms with Crippen molar-refractivity contribution in [3.8, 4) is 0 Å². The van der Waals surface area contributed by atoms with Gasteiger partial charge in [0.2, 0.25) is 11.8 Å². The highest BCUT2D eigenvalue weighted by atomic mass is 16.6. The minimum absolute atomic E-state index is 0.0348. The van der Waals surface area contributed by atoms with Crippen LogP contribution in [0.3, 0.4) is 0 Å². The molecule has 0 spiro atoms. The fourth-order valence-electron chi connectivity index (χ4n) is 5.28. The molecular weight excluding hydrogens is 414 g/mol. The van der Waals surface area contributed by atoms with E-state index in [1.54, 1.807) is 20.8 Å². The van der Waals surface area contributed by atoms with Crippen molar-refractivity contribution in [3.05, 3.63) is 0 Å². The molecule has 3 rings (SSSR count). The predicted octanol–water partition coefficient (Wildman–Crippen LogP) is 1.99. The molecule has 5 atom stereocenters. The molecule has 1 aliphatic carbocycles. The fraction of sp³-hybridized carbons (Fsp3) is 0.826. The largest absolute Gasteiger partial charge is 0.467 e. The van der Waals surface area contributed by atoms with Gasteiger partial charge < -0.3 is 20.1 Å². The quantitative estimate of drug-likeness (QED) is 0.618. The molecule has 0 aromatic carbocycles. The minimum Gasteiger partial charge on any atom is -0.467 e. The molecule has 2 saturated heterocycles. The third kappa shape index (κ3) is 5.72. The van der Waals surface area contributed by atoms with Gasteiger partial charge in [-0.2, -0.15) is 0 Å². The van der Waals surface area contributed by atoms with Crippen LogP contribution in [-0.2, 0) is 23.9 Å². The Morgan fingerprint density at radius 1 is 1.16 bits per heavy atom. The lowest BCUT2D eigenvalue weighted by Crippen LogP contribution is -2.54. The number of likely N-dealkylation sites (tertiary alicyclic amines) is 1. The molecule has 2 aliphatic heterocycles. The van der Waals surface area contributed by atoms with Gasteiger partial charge in [0, 0.05) is 19.0 Å². The average Bonchev–Trinajstić information content (AvgIpc) is 3.13. The van der Waals surface area contributed by atoms with Crippen LogP contribution in [0.4, 0.5) is 4.79 Å². The number of amides is 3. The molecule has 9 nitrogen and oxygen atoms in total. The van der Waals surface area contributed by atoms with E-state index in [4.69, 9.17) is 9.47 Å². The van der Waals surface area contributed by atoms with Crippen LogP contribution in [0.15, 0.2) is 0 Å². The number of fused-ring (bicyclic) bond motifs is 1. The lowest BCUT2D eigenvalue weighted by atomic mass is 9.78. The second-order valence-electron chi connectivity index (χ2n) is 10.2. The molecule has 2 heterocycles. The van der Waals surface area contributed by atoms with Gasteiger partial charge in [-0.05, 0) is 64.7 Å². The third-order valence-electron chi connectivity index (χ3n) is 6.76. The van der Waals surface area contributed by atoms with E-state index in [0.29, 0.717) is 19.5 Å². The third-order valence-corrected chi connectivity index (χ3v) is 6.76. The first kappa shape index (κ1) is 24.3. The molecule has 1 saturated carbocycles. The second kappa shape index (κ2) is 10.1. The molecule has 0 aromatic heterocycles. The number of nitrogens with one attached hydrogen (secondary N) is 2. The highest BCUT2D eigenvalue weighted by Gasteiger charge is 2.50. The highest BCUT2D eigenvalue weighted by molar-refractivity contribution is 5.91. The number of piperidine rings is 1. The molecule has 3 amide bonds. The first-order chi connectivity index (χ1) is 15.1. The zero-order valence-electron chi connectivity index (χ0n) is 19.6. The van der Waals surface area contributed by atoms with Crippen molar-refractivity contribution < 1.29 is 28.7 Å². The van der Waals surface area contributed by atoms with Crippen LogP contribution < -0.4 is 10.6 Å². The molecular formula is C23H37N3O6. The van der Waals surface area contributed by atoms with Gasteiger partial charge in [-0.3, -0.25) is 14.5 Å². The van der Waals surface area contributed by atoms with Crippen molar-refractivity contribution >= 4 is 23.9 Å². The Hall–Kier alpha value is -2.32. The summed E-state index contributed by atoms with van der Waals surface area (Å²) in [7, 11) is 1.27. The maximum absolute atomic E-state index is 13.5. The number of nitrogens with zero attached hydrogens (tertiary/aromatic N) is 1. The van der Waals surface area contributed by atoms with Gasteiger partial charge in [0.1, 0.15) is 17.7 Å². The summed E-state index contributed by atoms with van der Waals surface area (Å²) in [5.74, 6) is -1.15. The zero-order valence-corrected chi connectivity index (χ0v) is 19.6. The fourth-order valence-corrected chi connectivity index (χ4v) is 5.28. The number of hydrogen-bond donors (Lipinski definition) is 2. The van der Waals surface area contributed by atoms with Crippen molar-refractivity contribution in [2.75, 3.05) is 20.2 Å². The normalized spacial score (nSPS) is 28.9. The summed E-state index contributed by atoms with van der Waals surface area (Å²) in [5.41, 5.74) is -0.672. The van der Waals surface area contributed by atoms with E-state index in [-0.39, 0.29) is 36.0 Å². The smallest absolute Gasteiger partial charge is 0.410 e. The van der Waals surface area contributed by atoms with Crippen LogP contribution in [0.1, 0.15) is 65.7 Å². The van der Waals surface area contributed by atoms with Gasteiger partial charge >= 0.3 is 12.1 Å². The Morgan fingerprint density at radius 2 is 1.88 bits per heavy atom. The molecule has 3 aliphatic rings. The number of ether oxygens (including phenoxy) is 2. The molecule has 9 heteroatoms. The average molecular weight is 452 g/mol. The summed E-state index contributed by atoms with van der Waals surface area (Å²) in [5, 5.41) is 5.63. The molecule has 180 valence electrons. The number of rotatable bonds is 5. The lowest BCUT2D eigenvalue weighted by molar-refractivity contribution is -0.146. The van der Waals surface area contributed by atoms with Crippen molar-refractivity contribution in [1.82, 2.24) is 15.5 Å². The summed E-state index contributed by atoms with van der Waals surface area (Å²) in [4.78, 5) is 52.6. The first-order valence-electron chi connectivity index (χ1n) is 11.8. The van der Waals surface area contributed by atoms with Crippen LogP contribution in [0.5, 0.6) is 0 Å². The minimum atomic E-state index is -0.940. The van der Waals surface area contributed by atoms with Gasteiger partial charge in [-0.15, -0.1) is 0 Å². The van der Waals surface area contributed by atoms with Crippen LogP contribution >= 0.6 is 0 Å². The Labute approximate surface area is 189 Å². The summed E-state index contributed by atoms with van der Waals surface area (Å²) in [6.45, 7) is 6.50. The van der Waals surface area contributed by atoms with Gasteiger partial charge in [-0.25, -0.2) is 9.59 Å². The SMILES string of the molecule is COC(=O)C(CC1CCCNC1=O)NC(=O)[C@@H]1[C@H]2CCCC[C@H]2CN1C(=O)OC(C)(C)C. The van der Waals surface area contributed by atoms with Gasteiger partial charge in [0.25, 0.3) is 0 Å². The van der Waals surface area contributed by atoms with E-state index in [9.17, 15) is 19.2 Å². The van der Waals surface area contributed by atoms with E-state index in [1.165, 1.54) is 12.0 Å². The maximum Gasteiger partial charge on any atom is 0.410 e. The molecule has 32 heavy (non-hydrogen) atoms. The Morgan fingerprint density at radius 3 is 2.53 bits per heavy atom. The number of esters is 1. The molecule has 2 unspecified atom stereocenters.